The van der Waals surface area contributed by atoms with Gasteiger partial charge in [0.05, 0.1) is 6.04 Å². The standard InChI is InChI=1S/C11H20N4O/c1-3-16-8-4-5-10-13-14-11-9(2)12-6-7-15(10)11/h9,12H,3-8H2,1-2H3. The molecule has 1 aromatic heterocycles. The van der Waals surface area contributed by atoms with E-state index < -0.39 is 0 Å². The number of hydrogen-bond donors (Lipinski definition) is 1. The zero-order chi connectivity index (χ0) is 11.4. The minimum Gasteiger partial charge on any atom is -0.382 e. The summed E-state index contributed by atoms with van der Waals surface area (Å²) in [7, 11) is 0. The molecular weight excluding hydrogens is 204 g/mol. The second-order valence-corrected chi connectivity index (χ2v) is 4.10. The highest BCUT2D eigenvalue weighted by molar-refractivity contribution is 5.03. The predicted octanol–water partition coefficient (Wildman–Crippen LogP) is 0.911. The number of rotatable bonds is 5. The first-order valence-corrected chi connectivity index (χ1v) is 6.06. The molecule has 90 valence electrons. The summed E-state index contributed by atoms with van der Waals surface area (Å²) in [5.41, 5.74) is 0. The third-order valence-electron chi connectivity index (χ3n) is 2.92. The summed E-state index contributed by atoms with van der Waals surface area (Å²) >= 11 is 0. The van der Waals surface area contributed by atoms with Crippen molar-refractivity contribution in [3.63, 3.8) is 0 Å². The van der Waals surface area contributed by atoms with Crippen LogP contribution in [0.2, 0.25) is 0 Å². The number of aryl methyl sites for hydroxylation is 1. The van der Waals surface area contributed by atoms with Gasteiger partial charge in [-0.1, -0.05) is 0 Å². The molecular formula is C11H20N4O. The molecule has 2 rings (SSSR count). The highest BCUT2D eigenvalue weighted by Gasteiger charge is 2.20. The molecule has 1 atom stereocenters. The average molecular weight is 224 g/mol. The Morgan fingerprint density at radius 2 is 2.38 bits per heavy atom. The lowest BCUT2D eigenvalue weighted by atomic mass is 10.2. The van der Waals surface area contributed by atoms with E-state index in [0.717, 1.165) is 50.8 Å². The van der Waals surface area contributed by atoms with Gasteiger partial charge in [-0.15, -0.1) is 10.2 Å². The molecule has 0 radical (unpaired) electrons. The van der Waals surface area contributed by atoms with Gasteiger partial charge in [-0.2, -0.15) is 0 Å². The van der Waals surface area contributed by atoms with Crippen LogP contribution in [0, 0.1) is 0 Å². The van der Waals surface area contributed by atoms with Crippen molar-refractivity contribution < 1.29 is 4.74 Å². The molecule has 0 aromatic carbocycles. The molecule has 16 heavy (non-hydrogen) atoms. The first-order chi connectivity index (χ1) is 7.83. The smallest absolute Gasteiger partial charge is 0.149 e. The molecule has 0 bridgehead atoms. The Morgan fingerprint density at radius 3 is 3.19 bits per heavy atom. The van der Waals surface area contributed by atoms with Crippen LogP contribution in [0.5, 0.6) is 0 Å². The predicted molar refractivity (Wildman–Crippen MR) is 61.3 cm³/mol. The lowest BCUT2D eigenvalue weighted by molar-refractivity contribution is 0.144. The largest absolute Gasteiger partial charge is 0.382 e. The maximum Gasteiger partial charge on any atom is 0.149 e. The number of hydrogen-bond acceptors (Lipinski definition) is 4. The maximum absolute atomic E-state index is 5.33. The normalized spacial score (nSPS) is 19.8. The second-order valence-electron chi connectivity index (χ2n) is 4.10. The van der Waals surface area contributed by atoms with Crippen LogP contribution in [0.3, 0.4) is 0 Å². The van der Waals surface area contributed by atoms with E-state index in [2.05, 4.69) is 27.0 Å². The fourth-order valence-corrected chi connectivity index (χ4v) is 2.06. The van der Waals surface area contributed by atoms with Crippen LogP contribution >= 0.6 is 0 Å². The number of nitrogens with one attached hydrogen (secondary N) is 1. The first kappa shape index (κ1) is 11.5. The van der Waals surface area contributed by atoms with E-state index in [4.69, 9.17) is 4.74 Å². The van der Waals surface area contributed by atoms with Gasteiger partial charge in [0.15, 0.2) is 0 Å². The minimum atomic E-state index is 0.321. The molecule has 1 N–H and O–H groups in total. The lowest BCUT2D eigenvalue weighted by Crippen LogP contribution is -2.32. The molecule has 0 saturated heterocycles. The van der Waals surface area contributed by atoms with Gasteiger partial charge in [0.2, 0.25) is 0 Å². The Bertz CT molecular complexity index is 337. The molecule has 1 aromatic rings. The van der Waals surface area contributed by atoms with E-state index in [9.17, 15) is 0 Å². The fraction of sp³-hybridized carbons (Fsp3) is 0.818. The quantitative estimate of drug-likeness (QED) is 0.755. The Kier molecular flexibility index (Phi) is 3.90. The van der Waals surface area contributed by atoms with Crippen molar-refractivity contribution in [2.24, 2.45) is 0 Å². The Labute approximate surface area is 96.2 Å². The summed E-state index contributed by atoms with van der Waals surface area (Å²) in [6.07, 6.45) is 1.98. The van der Waals surface area contributed by atoms with E-state index in [1.807, 2.05) is 6.92 Å². The zero-order valence-corrected chi connectivity index (χ0v) is 10.1. The molecule has 5 heteroatoms. The molecule has 0 amide bonds. The lowest BCUT2D eigenvalue weighted by Gasteiger charge is -2.21. The molecule has 1 aliphatic heterocycles. The molecule has 0 fully saturated rings. The molecule has 2 heterocycles. The van der Waals surface area contributed by atoms with Crippen molar-refractivity contribution in [3.05, 3.63) is 11.6 Å². The van der Waals surface area contributed by atoms with Crippen LogP contribution in [0.15, 0.2) is 0 Å². The minimum absolute atomic E-state index is 0.321. The van der Waals surface area contributed by atoms with Crippen molar-refractivity contribution in [2.75, 3.05) is 19.8 Å². The summed E-state index contributed by atoms with van der Waals surface area (Å²) in [4.78, 5) is 0. The molecule has 5 nitrogen and oxygen atoms in total. The van der Waals surface area contributed by atoms with Crippen molar-refractivity contribution in [2.45, 2.75) is 39.3 Å². The van der Waals surface area contributed by atoms with Crippen molar-refractivity contribution in [1.29, 1.82) is 0 Å². The van der Waals surface area contributed by atoms with Crippen molar-refractivity contribution in [1.82, 2.24) is 20.1 Å². The maximum atomic E-state index is 5.33. The third-order valence-corrected chi connectivity index (χ3v) is 2.92. The van der Waals surface area contributed by atoms with Crippen LogP contribution in [0.1, 0.15) is 38.0 Å². The van der Waals surface area contributed by atoms with Crippen LogP contribution in [-0.4, -0.2) is 34.5 Å². The summed E-state index contributed by atoms with van der Waals surface area (Å²) in [5, 5.41) is 11.9. The number of fused-ring (bicyclic) bond motifs is 1. The van der Waals surface area contributed by atoms with E-state index >= 15 is 0 Å². The molecule has 1 unspecified atom stereocenters. The van der Waals surface area contributed by atoms with Crippen molar-refractivity contribution >= 4 is 0 Å². The van der Waals surface area contributed by atoms with Gasteiger partial charge in [0.1, 0.15) is 11.6 Å². The van der Waals surface area contributed by atoms with Gasteiger partial charge in [0, 0.05) is 32.7 Å². The average Bonchev–Trinajstić information content (AvgIpc) is 2.70. The highest BCUT2D eigenvalue weighted by atomic mass is 16.5. The Morgan fingerprint density at radius 1 is 1.50 bits per heavy atom. The van der Waals surface area contributed by atoms with E-state index in [1.54, 1.807) is 0 Å². The summed E-state index contributed by atoms with van der Waals surface area (Å²) < 4.78 is 7.57. The number of nitrogens with zero attached hydrogens (tertiary/aromatic N) is 3. The number of aromatic nitrogens is 3. The SMILES string of the molecule is CCOCCCc1nnc2n1CCNC2C. The van der Waals surface area contributed by atoms with Crippen LogP contribution in [-0.2, 0) is 17.7 Å². The molecule has 0 aliphatic carbocycles. The van der Waals surface area contributed by atoms with Crippen LogP contribution in [0.4, 0.5) is 0 Å². The number of ether oxygens (including phenoxy) is 1. The van der Waals surface area contributed by atoms with Gasteiger partial charge in [-0.05, 0) is 20.3 Å². The van der Waals surface area contributed by atoms with Gasteiger partial charge in [-0.3, -0.25) is 0 Å². The summed E-state index contributed by atoms with van der Waals surface area (Å²) in [6, 6.07) is 0.321. The second kappa shape index (κ2) is 5.41. The van der Waals surface area contributed by atoms with E-state index in [-0.39, 0.29) is 0 Å². The molecule has 1 aliphatic rings. The summed E-state index contributed by atoms with van der Waals surface area (Å²) in [6.45, 7) is 7.74. The molecule has 0 spiro atoms. The highest BCUT2D eigenvalue weighted by Crippen LogP contribution is 2.16. The van der Waals surface area contributed by atoms with E-state index in [0.29, 0.717) is 6.04 Å². The van der Waals surface area contributed by atoms with Crippen molar-refractivity contribution in [3.8, 4) is 0 Å². The van der Waals surface area contributed by atoms with Crippen LogP contribution < -0.4 is 5.32 Å². The van der Waals surface area contributed by atoms with Gasteiger partial charge in [-0.25, -0.2) is 0 Å². The molecule has 0 saturated carbocycles. The fourth-order valence-electron chi connectivity index (χ4n) is 2.06. The summed E-state index contributed by atoms with van der Waals surface area (Å²) in [5.74, 6) is 2.17. The first-order valence-electron chi connectivity index (χ1n) is 6.06. The Hall–Kier alpha value is -0.940. The van der Waals surface area contributed by atoms with Crippen LogP contribution in [0.25, 0.3) is 0 Å². The third kappa shape index (κ3) is 2.41. The van der Waals surface area contributed by atoms with Gasteiger partial charge >= 0.3 is 0 Å². The topological polar surface area (TPSA) is 52.0 Å². The monoisotopic (exact) mass is 224 g/mol. The Balaban J connectivity index is 1.95. The van der Waals surface area contributed by atoms with Gasteiger partial charge < -0.3 is 14.6 Å². The van der Waals surface area contributed by atoms with Gasteiger partial charge in [0.25, 0.3) is 0 Å². The van der Waals surface area contributed by atoms with E-state index in [1.165, 1.54) is 0 Å². The zero-order valence-electron chi connectivity index (χ0n) is 10.1.